The van der Waals surface area contributed by atoms with Gasteiger partial charge in [-0.05, 0) is 30.7 Å². The van der Waals surface area contributed by atoms with E-state index < -0.39 is 0 Å². The third-order valence-corrected chi connectivity index (χ3v) is 2.98. The molecule has 0 aliphatic rings. The lowest BCUT2D eigenvalue weighted by atomic mass is 10.0. The van der Waals surface area contributed by atoms with Crippen LogP contribution in [0.15, 0.2) is 47.1 Å². The molecule has 0 saturated heterocycles. The number of Topliss-reactive ketones (excluding diaryl/α,β-unsaturated/α-hetero) is 1. The first-order chi connectivity index (χ1) is 9.72. The molecular formula is C16H17NO3. The van der Waals surface area contributed by atoms with Crippen molar-refractivity contribution < 1.29 is 14.0 Å². The maximum atomic E-state index is 12.1. The van der Waals surface area contributed by atoms with E-state index in [1.165, 1.54) is 6.26 Å². The topological polar surface area (TPSA) is 59.3 Å². The fourth-order valence-electron chi connectivity index (χ4n) is 1.90. The molecule has 0 saturated carbocycles. The summed E-state index contributed by atoms with van der Waals surface area (Å²) in [6.07, 6.45) is 3.74. The maximum absolute atomic E-state index is 12.1. The fourth-order valence-corrected chi connectivity index (χ4v) is 1.90. The number of furan rings is 1. The molecule has 1 amide bonds. The first kappa shape index (κ1) is 14.1. The summed E-state index contributed by atoms with van der Waals surface area (Å²) in [7, 11) is 0. The normalized spacial score (nSPS) is 10.2. The Morgan fingerprint density at radius 2 is 1.95 bits per heavy atom. The molecule has 1 N–H and O–H groups in total. The van der Waals surface area contributed by atoms with Gasteiger partial charge in [0.1, 0.15) is 0 Å². The van der Waals surface area contributed by atoms with Gasteiger partial charge in [-0.1, -0.05) is 25.5 Å². The first-order valence-corrected chi connectivity index (χ1v) is 6.69. The van der Waals surface area contributed by atoms with Gasteiger partial charge < -0.3 is 9.73 Å². The summed E-state index contributed by atoms with van der Waals surface area (Å²) in [5.74, 6) is -0.0891. The number of carbonyl (C=O) groups is 2. The van der Waals surface area contributed by atoms with Gasteiger partial charge in [-0.25, -0.2) is 0 Å². The number of unbranched alkanes of at least 4 members (excludes halogenated alkanes) is 1. The van der Waals surface area contributed by atoms with Gasteiger partial charge in [-0.2, -0.15) is 0 Å². The standard InChI is InChI=1S/C16H17NO3/c1-2-3-9-14(18)12-7-4-5-8-13(12)17-16(19)15-10-6-11-20-15/h4-8,10-11H,2-3,9H2,1H3,(H,17,19). The number of rotatable bonds is 6. The number of ketones is 1. The molecule has 0 aliphatic heterocycles. The Bertz CT molecular complexity index is 588. The number of carbonyl (C=O) groups excluding carboxylic acids is 2. The van der Waals surface area contributed by atoms with Crippen LogP contribution >= 0.6 is 0 Å². The second-order valence-corrected chi connectivity index (χ2v) is 4.50. The average molecular weight is 271 g/mol. The predicted molar refractivity (Wildman–Crippen MR) is 77.0 cm³/mol. The molecule has 0 radical (unpaired) electrons. The molecule has 1 aromatic carbocycles. The van der Waals surface area contributed by atoms with E-state index in [0.29, 0.717) is 17.7 Å². The highest BCUT2D eigenvalue weighted by molar-refractivity contribution is 6.08. The third kappa shape index (κ3) is 3.35. The van der Waals surface area contributed by atoms with E-state index in [-0.39, 0.29) is 17.5 Å². The van der Waals surface area contributed by atoms with Crippen molar-refractivity contribution in [3.8, 4) is 0 Å². The average Bonchev–Trinajstić information content (AvgIpc) is 2.99. The third-order valence-electron chi connectivity index (χ3n) is 2.98. The lowest BCUT2D eigenvalue weighted by molar-refractivity contribution is 0.0980. The van der Waals surface area contributed by atoms with Gasteiger partial charge in [0.05, 0.1) is 12.0 Å². The molecule has 4 heteroatoms. The smallest absolute Gasteiger partial charge is 0.291 e. The summed E-state index contributed by atoms with van der Waals surface area (Å²) in [6.45, 7) is 2.04. The molecule has 2 aromatic rings. The molecule has 1 heterocycles. The number of nitrogens with one attached hydrogen (secondary N) is 1. The van der Waals surface area contributed by atoms with Crippen molar-refractivity contribution in [2.75, 3.05) is 5.32 Å². The molecule has 2 rings (SSSR count). The molecule has 0 unspecified atom stereocenters. The number of anilines is 1. The maximum Gasteiger partial charge on any atom is 0.291 e. The first-order valence-electron chi connectivity index (χ1n) is 6.69. The molecule has 20 heavy (non-hydrogen) atoms. The summed E-state index contributed by atoms with van der Waals surface area (Å²) < 4.78 is 5.04. The predicted octanol–water partition coefficient (Wildman–Crippen LogP) is 3.90. The van der Waals surface area contributed by atoms with Crippen molar-refractivity contribution in [2.24, 2.45) is 0 Å². The van der Waals surface area contributed by atoms with Crippen LogP contribution < -0.4 is 5.32 Å². The van der Waals surface area contributed by atoms with E-state index in [1.807, 2.05) is 6.92 Å². The van der Waals surface area contributed by atoms with E-state index in [4.69, 9.17) is 4.42 Å². The van der Waals surface area contributed by atoms with Gasteiger partial charge in [0.25, 0.3) is 5.91 Å². The summed E-state index contributed by atoms with van der Waals surface area (Å²) in [5.41, 5.74) is 1.07. The highest BCUT2D eigenvalue weighted by Crippen LogP contribution is 2.19. The molecule has 1 aromatic heterocycles. The van der Waals surface area contributed by atoms with Gasteiger partial charge in [0.2, 0.25) is 0 Å². The lowest BCUT2D eigenvalue weighted by Crippen LogP contribution is -2.14. The van der Waals surface area contributed by atoms with Gasteiger partial charge in [-0.15, -0.1) is 0 Å². The Labute approximate surface area is 117 Å². The van der Waals surface area contributed by atoms with Crippen LogP contribution in [0.4, 0.5) is 5.69 Å². The van der Waals surface area contributed by atoms with E-state index in [2.05, 4.69) is 5.32 Å². The van der Waals surface area contributed by atoms with E-state index >= 15 is 0 Å². The molecule has 4 nitrogen and oxygen atoms in total. The Kier molecular flexibility index (Phi) is 4.71. The largest absolute Gasteiger partial charge is 0.459 e. The minimum atomic E-state index is -0.356. The molecule has 0 spiro atoms. The fraction of sp³-hybridized carbons (Fsp3) is 0.250. The van der Waals surface area contributed by atoms with Crippen LogP contribution in [0.3, 0.4) is 0 Å². The Hall–Kier alpha value is -2.36. The van der Waals surface area contributed by atoms with Crippen molar-refractivity contribution >= 4 is 17.4 Å². The highest BCUT2D eigenvalue weighted by Gasteiger charge is 2.14. The van der Waals surface area contributed by atoms with Gasteiger partial charge >= 0.3 is 0 Å². The molecule has 0 bridgehead atoms. The zero-order valence-electron chi connectivity index (χ0n) is 11.4. The van der Waals surface area contributed by atoms with Crippen molar-refractivity contribution in [2.45, 2.75) is 26.2 Å². The number of para-hydroxylation sites is 1. The SMILES string of the molecule is CCCCC(=O)c1ccccc1NC(=O)c1ccco1. The van der Waals surface area contributed by atoms with Crippen LogP contribution in [-0.2, 0) is 0 Å². The molecule has 0 aliphatic carbocycles. The van der Waals surface area contributed by atoms with Crippen LogP contribution in [0.25, 0.3) is 0 Å². The van der Waals surface area contributed by atoms with Crippen molar-refractivity contribution in [3.05, 3.63) is 54.0 Å². The van der Waals surface area contributed by atoms with E-state index in [1.54, 1.807) is 36.4 Å². The van der Waals surface area contributed by atoms with Gasteiger partial charge in [-0.3, -0.25) is 9.59 Å². The minimum Gasteiger partial charge on any atom is -0.459 e. The Morgan fingerprint density at radius 1 is 1.15 bits per heavy atom. The second kappa shape index (κ2) is 6.70. The number of amides is 1. The van der Waals surface area contributed by atoms with Crippen LogP contribution in [0.2, 0.25) is 0 Å². The number of hydrogen-bond acceptors (Lipinski definition) is 3. The summed E-state index contributed by atoms with van der Waals surface area (Å²) in [4.78, 5) is 24.1. The van der Waals surface area contributed by atoms with Crippen LogP contribution in [0.5, 0.6) is 0 Å². The monoisotopic (exact) mass is 271 g/mol. The van der Waals surface area contributed by atoms with Gasteiger partial charge in [0, 0.05) is 12.0 Å². The van der Waals surface area contributed by atoms with Crippen molar-refractivity contribution in [1.29, 1.82) is 0 Å². The quantitative estimate of drug-likeness (QED) is 0.810. The summed E-state index contributed by atoms with van der Waals surface area (Å²) in [5, 5.41) is 2.72. The van der Waals surface area contributed by atoms with E-state index in [0.717, 1.165) is 12.8 Å². The number of hydrogen-bond donors (Lipinski definition) is 1. The van der Waals surface area contributed by atoms with Crippen molar-refractivity contribution in [1.82, 2.24) is 0 Å². The number of benzene rings is 1. The Balaban J connectivity index is 2.15. The van der Waals surface area contributed by atoms with Crippen LogP contribution in [0, 0.1) is 0 Å². The second-order valence-electron chi connectivity index (χ2n) is 4.50. The highest BCUT2D eigenvalue weighted by atomic mass is 16.3. The van der Waals surface area contributed by atoms with Crippen molar-refractivity contribution in [3.63, 3.8) is 0 Å². The van der Waals surface area contributed by atoms with Gasteiger partial charge in [0.15, 0.2) is 11.5 Å². The zero-order chi connectivity index (χ0) is 14.4. The van der Waals surface area contributed by atoms with E-state index in [9.17, 15) is 9.59 Å². The lowest BCUT2D eigenvalue weighted by Gasteiger charge is -2.09. The molecular weight excluding hydrogens is 254 g/mol. The molecule has 0 atom stereocenters. The minimum absolute atomic E-state index is 0.0437. The zero-order valence-corrected chi connectivity index (χ0v) is 11.4. The molecule has 104 valence electrons. The summed E-state index contributed by atoms with van der Waals surface area (Å²) >= 11 is 0. The Morgan fingerprint density at radius 3 is 2.65 bits per heavy atom. The summed E-state index contributed by atoms with van der Waals surface area (Å²) in [6, 6.07) is 10.3. The van der Waals surface area contributed by atoms with Crippen LogP contribution in [0.1, 0.15) is 47.1 Å². The molecule has 0 fully saturated rings. The van der Waals surface area contributed by atoms with Crippen LogP contribution in [-0.4, -0.2) is 11.7 Å².